The van der Waals surface area contributed by atoms with Crippen LogP contribution >= 0.6 is 33.3 Å². The molecule has 0 fully saturated rings. The second-order valence-electron chi connectivity index (χ2n) is 4.99. The van der Waals surface area contributed by atoms with Crippen LogP contribution in [-0.2, 0) is 9.05 Å². The molecule has 0 aliphatic heterocycles. The topological polar surface area (TPSA) is 121 Å². The fourth-order valence-corrected chi connectivity index (χ4v) is 4.55. The minimum atomic E-state index is -3.91. The lowest BCUT2D eigenvalue weighted by Crippen LogP contribution is -2.04. The Bertz CT molecular complexity index is 859. The Labute approximate surface area is 152 Å². The molecule has 2 rings (SSSR count). The SMILES string of the molecule is CC(C)c1cc(I)c(S(=O)(=O)Cl)cc1Oc1cnc(N)nc1N. The molecule has 0 saturated heterocycles. The lowest BCUT2D eigenvalue weighted by molar-refractivity contribution is 0.469. The summed E-state index contributed by atoms with van der Waals surface area (Å²) in [6.07, 6.45) is 1.33. The van der Waals surface area contributed by atoms with Crippen molar-refractivity contribution < 1.29 is 13.2 Å². The van der Waals surface area contributed by atoms with Crippen LogP contribution < -0.4 is 16.2 Å². The molecule has 0 saturated carbocycles. The van der Waals surface area contributed by atoms with Crippen LogP contribution in [0, 0.1) is 3.57 Å². The van der Waals surface area contributed by atoms with Gasteiger partial charge in [0, 0.05) is 20.3 Å². The van der Waals surface area contributed by atoms with E-state index in [0.717, 1.165) is 5.56 Å². The zero-order valence-electron chi connectivity index (χ0n) is 12.2. The Morgan fingerprint density at radius 1 is 1.26 bits per heavy atom. The molecule has 0 unspecified atom stereocenters. The van der Waals surface area contributed by atoms with E-state index in [4.69, 9.17) is 26.9 Å². The molecule has 0 atom stereocenters. The largest absolute Gasteiger partial charge is 0.452 e. The molecule has 1 aromatic carbocycles. The van der Waals surface area contributed by atoms with Crippen molar-refractivity contribution in [3.05, 3.63) is 27.5 Å². The standard InChI is InChI=1S/C13H14ClIN4O3S/c1-6(2)7-3-8(15)11(23(14,20)21)4-9(7)22-10-5-18-13(17)19-12(10)16/h3-6H,1-2H3,(H4,16,17,18,19). The number of ether oxygens (including phenoxy) is 1. The van der Waals surface area contributed by atoms with Crippen LogP contribution in [0.25, 0.3) is 0 Å². The van der Waals surface area contributed by atoms with E-state index in [0.29, 0.717) is 9.32 Å². The number of hydrogen-bond donors (Lipinski definition) is 2. The second kappa shape index (κ2) is 6.65. The molecule has 124 valence electrons. The summed E-state index contributed by atoms with van der Waals surface area (Å²) in [4.78, 5) is 7.59. The lowest BCUT2D eigenvalue weighted by atomic mass is 10.0. The third-order valence-corrected chi connectivity index (χ3v) is 5.59. The van der Waals surface area contributed by atoms with E-state index >= 15 is 0 Å². The van der Waals surface area contributed by atoms with E-state index in [1.165, 1.54) is 12.3 Å². The third-order valence-electron chi connectivity index (χ3n) is 2.97. The molecule has 0 bridgehead atoms. The fraction of sp³-hybridized carbons (Fsp3) is 0.231. The van der Waals surface area contributed by atoms with Crippen LogP contribution in [0.15, 0.2) is 23.2 Å². The average Bonchev–Trinajstić information content (AvgIpc) is 2.41. The van der Waals surface area contributed by atoms with Crippen molar-refractivity contribution in [2.45, 2.75) is 24.7 Å². The average molecular weight is 469 g/mol. The monoisotopic (exact) mass is 468 g/mol. The minimum Gasteiger partial charge on any atom is -0.452 e. The number of aromatic nitrogens is 2. The number of nitrogen functional groups attached to an aromatic ring is 2. The number of hydrogen-bond acceptors (Lipinski definition) is 7. The number of benzene rings is 1. The molecule has 0 amide bonds. The molecule has 0 radical (unpaired) electrons. The molecule has 0 aliphatic rings. The fourth-order valence-electron chi connectivity index (χ4n) is 1.87. The van der Waals surface area contributed by atoms with Gasteiger partial charge in [-0.1, -0.05) is 13.8 Å². The molecule has 1 aromatic heterocycles. The van der Waals surface area contributed by atoms with Gasteiger partial charge in [-0.2, -0.15) is 4.98 Å². The summed E-state index contributed by atoms with van der Waals surface area (Å²) in [7, 11) is 1.56. The number of rotatable bonds is 4. The third kappa shape index (κ3) is 4.15. The Hall–Kier alpha value is -1.33. The summed E-state index contributed by atoms with van der Waals surface area (Å²) in [6.45, 7) is 3.91. The minimum absolute atomic E-state index is 0.0190. The lowest BCUT2D eigenvalue weighted by Gasteiger charge is -2.16. The van der Waals surface area contributed by atoms with E-state index in [1.54, 1.807) is 6.07 Å². The van der Waals surface area contributed by atoms with Crippen molar-refractivity contribution in [3.63, 3.8) is 0 Å². The maximum atomic E-state index is 11.7. The summed E-state index contributed by atoms with van der Waals surface area (Å²) < 4.78 is 29.6. The first-order valence-electron chi connectivity index (χ1n) is 6.43. The van der Waals surface area contributed by atoms with Gasteiger partial charge in [0.1, 0.15) is 5.75 Å². The zero-order valence-corrected chi connectivity index (χ0v) is 16.0. The molecule has 2 aromatic rings. The normalized spacial score (nSPS) is 11.7. The van der Waals surface area contributed by atoms with Gasteiger partial charge in [-0.3, -0.25) is 0 Å². The van der Waals surface area contributed by atoms with Gasteiger partial charge in [-0.15, -0.1) is 0 Å². The van der Waals surface area contributed by atoms with E-state index in [2.05, 4.69) is 9.97 Å². The highest BCUT2D eigenvalue weighted by molar-refractivity contribution is 14.1. The summed E-state index contributed by atoms with van der Waals surface area (Å²) >= 11 is 1.92. The maximum absolute atomic E-state index is 11.7. The van der Waals surface area contributed by atoms with Crippen LogP contribution in [0.1, 0.15) is 25.3 Å². The zero-order chi connectivity index (χ0) is 17.4. The van der Waals surface area contributed by atoms with Crippen molar-refractivity contribution in [1.82, 2.24) is 9.97 Å². The summed E-state index contributed by atoms with van der Waals surface area (Å²) in [5, 5.41) is 0. The summed E-state index contributed by atoms with van der Waals surface area (Å²) in [5.41, 5.74) is 12.0. The van der Waals surface area contributed by atoms with Gasteiger partial charge in [0.05, 0.1) is 11.1 Å². The second-order valence-corrected chi connectivity index (χ2v) is 8.69. The first-order valence-corrected chi connectivity index (χ1v) is 9.82. The highest BCUT2D eigenvalue weighted by Gasteiger charge is 2.21. The number of nitrogens with zero attached hydrogens (tertiary/aromatic N) is 2. The molecule has 7 nitrogen and oxygen atoms in total. The van der Waals surface area contributed by atoms with Crippen molar-refractivity contribution in [1.29, 1.82) is 0 Å². The van der Waals surface area contributed by atoms with Crippen molar-refractivity contribution in [2.75, 3.05) is 11.5 Å². The Balaban J connectivity index is 2.59. The van der Waals surface area contributed by atoms with E-state index in [9.17, 15) is 8.42 Å². The van der Waals surface area contributed by atoms with Crippen LogP contribution in [0.2, 0.25) is 0 Å². The first kappa shape index (κ1) is 18.0. The van der Waals surface area contributed by atoms with Crippen LogP contribution in [0.4, 0.5) is 11.8 Å². The molecule has 1 heterocycles. The first-order chi connectivity index (χ1) is 10.6. The molecule has 23 heavy (non-hydrogen) atoms. The highest BCUT2D eigenvalue weighted by Crippen LogP contribution is 2.37. The van der Waals surface area contributed by atoms with Crippen molar-refractivity contribution in [2.24, 2.45) is 0 Å². The van der Waals surface area contributed by atoms with Gasteiger partial charge >= 0.3 is 0 Å². The Kier molecular flexibility index (Phi) is 5.21. The molecule has 10 heteroatoms. The Morgan fingerprint density at radius 2 is 1.91 bits per heavy atom. The predicted molar refractivity (Wildman–Crippen MR) is 97.2 cm³/mol. The molecule has 0 aliphatic carbocycles. The van der Waals surface area contributed by atoms with Gasteiger partial charge in [0.25, 0.3) is 9.05 Å². The Morgan fingerprint density at radius 3 is 2.43 bits per heavy atom. The van der Waals surface area contributed by atoms with E-state index in [1.807, 2.05) is 36.4 Å². The van der Waals surface area contributed by atoms with E-state index in [-0.39, 0.29) is 28.3 Å². The van der Waals surface area contributed by atoms with Crippen LogP contribution in [-0.4, -0.2) is 18.4 Å². The van der Waals surface area contributed by atoms with Crippen LogP contribution in [0.5, 0.6) is 11.5 Å². The van der Waals surface area contributed by atoms with Gasteiger partial charge < -0.3 is 16.2 Å². The van der Waals surface area contributed by atoms with Gasteiger partial charge in [-0.05, 0) is 40.1 Å². The van der Waals surface area contributed by atoms with Crippen molar-refractivity contribution >= 4 is 54.1 Å². The highest BCUT2D eigenvalue weighted by atomic mass is 127. The summed E-state index contributed by atoms with van der Waals surface area (Å²) in [6, 6.07) is 3.08. The van der Waals surface area contributed by atoms with Gasteiger partial charge in [-0.25, -0.2) is 13.4 Å². The van der Waals surface area contributed by atoms with E-state index < -0.39 is 9.05 Å². The van der Waals surface area contributed by atoms with Gasteiger partial charge in [0.2, 0.25) is 5.95 Å². The molecular weight excluding hydrogens is 455 g/mol. The number of anilines is 2. The number of nitrogens with two attached hydrogens (primary N) is 2. The molecule has 0 spiro atoms. The molecular formula is C13H14ClIN4O3S. The molecule has 4 N–H and O–H groups in total. The smallest absolute Gasteiger partial charge is 0.262 e. The number of halogens is 2. The van der Waals surface area contributed by atoms with Gasteiger partial charge in [0.15, 0.2) is 11.6 Å². The quantitative estimate of drug-likeness (QED) is 0.522. The van der Waals surface area contributed by atoms with Crippen LogP contribution in [0.3, 0.4) is 0 Å². The summed E-state index contributed by atoms with van der Waals surface area (Å²) in [5.74, 6) is 0.660. The van der Waals surface area contributed by atoms with Crippen molar-refractivity contribution in [3.8, 4) is 11.5 Å². The maximum Gasteiger partial charge on any atom is 0.262 e. The predicted octanol–water partition coefficient (Wildman–Crippen LogP) is 3.09.